The summed E-state index contributed by atoms with van der Waals surface area (Å²) >= 11 is 4.94. The minimum Gasteiger partial charge on any atom is -0.493 e. The van der Waals surface area contributed by atoms with Crippen LogP contribution in [0.25, 0.3) is 0 Å². The zero-order chi connectivity index (χ0) is 20.5. The van der Waals surface area contributed by atoms with Crippen LogP contribution in [0.5, 0.6) is 5.75 Å². The number of aliphatic hydroxyl groups excluding tert-OH is 3. The Kier molecular flexibility index (Phi) is 6.53. The lowest BCUT2D eigenvalue weighted by atomic mass is 9.92. The number of thioether (sulfide) groups is 1. The van der Waals surface area contributed by atoms with E-state index in [1.807, 2.05) is 30.5 Å². The van der Waals surface area contributed by atoms with Crippen LogP contribution in [0, 0.1) is 0 Å². The Balaban J connectivity index is 1.59. The molecule has 0 bridgehead atoms. The highest BCUT2D eigenvalue weighted by molar-refractivity contribution is 9.10. The van der Waals surface area contributed by atoms with E-state index in [-0.39, 0.29) is 0 Å². The van der Waals surface area contributed by atoms with Crippen molar-refractivity contribution in [3.63, 3.8) is 0 Å². The Hall–Kier alpha value is -1.09. The summed E-state index contributed by atoms with van der Waals surface area (Å²) in [6.07, 6.45) is 0.338. The minimum atomic E-state index is -1.25. The van der Waals surface area contributed by atoms with Gasteiger partial charge in [0.15, 0.2) is 0 Å². The topological polar surface area (TPSA) is 79.2 Å². The molecular weight excluding hydrogens is 456 g/mol. The Bertz CT molecular complexity index is 874. The molecule has 156 valence electrons. The van der Waals surface area contributed by atoms with Gasteiger partial charge in [-0.25, -0.2) is 0 Å². The molecule has 0 amide bonds. The van der Waals surface area contributed by atoms with Gasteiger partial charge in [0.25, 0.3) is 0 Å². The second kappa shape index (κ2) is 8.96. The van der Waals surface area contributed by atoms with E-state index < -0.39 is 29.9 Å². The molecule has 3 N–H and O–H groups in total. The number of fused-ring (bicyclic) bond motifs is 1. The SMILES string of the molecule is CS[C@H]1O[C@@H](c2ccc(Br)c(Cc3ccc4c(c3)CCCO4)c2)[C@H](O)[C@@H](O)[C@@H]1O. The van der Waals surface area contributed by atoms with Gasteiger partial charge in [-0.15, -0.1) is 11.8 Å². The number of ether oxygens (including phenoxy) is 2. The van der Waals surface area contributed by atoms with E-state index in [4.69, 9.17) is 9.47 Å². The molecule has 2 aromatic carbocycles. The van der Waals surface area contributed by atoms with Crippen molar-refractivity contribution in [1.29, 1.82) is 0 Å². The lowest BCUT2D eigenvalue weighted by molar-refractivity contribution is -0.200. The normalized spacial score (nSPS) is 29.2. The van der Waals surface area contributed by atoms with Crippen molar-refractivity contribution < 1.29 is 24.8 Å². The van der Waals surface area contributed by atoms with Crippen LogP contribution in [-0.2, 0) is 17.6 Å². The van der Waals surface area contributed by atoms with Gasteiger partial charge in [-0.1, -0.05) is 40.2 Å². The highest BCUT2D eigenvalue weighted by Gasteiger charge is 2.44. The van der Waals surface area contributed by atoms with Crippen LogP contribution in [0.2, 0.25) is 0 Å². The highest BCUT2D eigenvalue weighted by atomic mass is 79.9. The Morgan fingerprint density at radius 3 is 2.69 bits per heavy atom. The van der Waals surface area contributed by atoms with E-state index in [0.29, 0.717) is 0 Å². The number of rotatable bonds is 4. The third kappa shape index (κ3) is 4.36. The van der Waals surface area contributed by atoms with Crippen LogP contribution in [0.15, 0.2) is 40.9 Å². The maximum atomic E-state index is 10.5. The van der Waals surface area contributed by atoms with Gasteiger partial charge in [-0.2, -0.15) is 0 Å². The van der Waals surface area contributed by atoms with Crippen molar-refractivity contribution in [1.82, 2.24) is 0 Å². The molecule has 5 atom stereocenters. The summed E-state index contributed by atoms with van der Waals surface area (Å²) < 4.78 is 12.6. The number of aryl methyl sites for hydroxylation is 1. The molecule has 1 fully saturated rings. The fourth-order valence-corrected chi connectivity index (χ4v) is 5.03. The first-order valence-corrected chi connectivity index (χ1v) is 11.8. The number of hydrogen-bond donors (Lipinski definition) is 3. The summed E-state index contributed by atoms with van der Waals surface area (Å²) in [7, 11) is 0. The van der Waals surface area contributed by atoms with E-state index in [2.05, 4.69) is 28.1 Å². The molecule has 2 heterocycles. The standard InChI is InChI=1S/C22H25BrO5S/c1-29-22-20(26)18(24)19(25)21(28-22)14-5-6-16(23)15(11-14)10-12-4-7-17-13(9-12)3-2-8-27-17/h4-7,9,11,18-22,24-26H,2-3,8,10H2,1H3/t18-,19-,20+,21+,22-/m1/s1. The molecule has 0 aromatic heterocycles. The molecule has 2 aromatic rings. The third-order valence-corrected chi connectivity index (χ3v) is 7.20. The molecule has 0 spiro atoms. The summed E-state index contributed by atoms with van der Waals surface area (Å²) in [6.45, 7) is 0.779. The first kappa shape index (κ1) is 21.2. The van der Waals surface area contributed by atoms with Gasteiger partial charge in [0.05, 0.1) is 6.61 Å². The van der Waals surface area contributed by atoms with Crippen molar-refractivity contribution in [2.45, 2.75) is 49.1 Å². The fourth-order valence-electron chi connectivity index (χ4n) is 3.97. The molecule has 2 aliphatic rings. The Labute approximate surface area is 183 Å². The van der Waals surface area contributed by atoms with Crippen LogP contribution >= 0.6 is 27.7 Å². The van der Waals surface area contributed by atoms with E-state index in [0.717, 1.165) is 47.2 Å². The van der Waals surface area contributed by atoms with Gasteiger partial charge >= 0.3 is 0 Å². The van der Waals surface area contributed by atoms with Crippen LogP contribution in [0.4, 0.5) is 0 Å². The predicted molar refractivity (Wildman–Crippen MR) is 116 cm³/mol. The molecule has 2 aliphatic heterocycles. The predicted octanol–water partition coefficient (Wildman–Crippen LogP) is 3.21. The van der Waals surface area contributed by atoms with Crippen LogP contribution in [-0.4, -0.2) is 51.9 Å². The molecular formula is C22H25BrO5S. The monoisotopic (exact) mass is 480 g/mol. The zero-order valence-corrected chi connectivity index (χ0v) is 18.5. The highest BCUT2D eigenvalue weighted by Crippen LogP contribution is 2.37. The van der Waals surface area contributed by atoms with Gasteiger partial charge in [0.2, 0.25) is 0 Å². The quantitative estimate of drug-likeness (QED) is 0.623. The molecule has 0 radical (unpaired) electrons. The van der Waals surface area contributed by atoms with Crippen LogP contribution in [0.1, 0.15) is 34.8 Å². The largest absolute Gasteiger partial charge is 0.493 e. The molecule has 0 aliphatic carbocycles. The molecule has 7 heteroatoms. The number of halogens is 1. The maximum absolute atomic E-state index is 10.5. The van der Waals surface area contributed by atoms with Crippen molar-refractivity contribution in [2.75, 3.05) is 12.9 Å². The van der Waals surface area contributed by atoms with Gasteiger partial charge in [0, 0.05) is 4.47 Å². The van der Waals surface area contributed by atoms with E-state index in [1.165, 1.54) is 22.9 Å². The average molecular weight is 481 g/mol. The van der Waals surface area contributed by atoms with Gasteiger partial charge in [-0.05, 0) is 59.9 Å². The van der Waals surface area contributed by atoms with Crippen LogP contribution < -0.4 is 4.74 Å². The summed E-state index contributed by atoms with van der Waals surface area (Å²) in [5, 5.41) is 30.8. The molecule has 4 rings (SSSR count). The smallest absolute Gasteiger partial charge is 0.132 e. The van der Waals surface area contributed by atoms with Crippen molar-refractivity contribution in [2.24, 2.45) is 0 Å². The van der Waals surface area contributed by atoms with Crippen molar-refractivity contribution in [3.8, 4) is 5.75 Å². The van der Waals surface area contributed by atoms with E-state index >= 15 is 0 Å². The van der Waals surface area contributed by atoms with E-state index in [9.17, 15) is 15.3 Å². The second-order valence-electron chi connectivity index (χ2n) is 7.55. The number of benzene rings is 2. The van der Waals surface area contributed by atoms with Gasteiger partial charge in [-0.3, -0.25) is 0 Å². The first-order chi connectivity index (χ1) is 14.0. The number of hydrogen-bond acceptors (Lipinski definition) is 6. The molecule has 0 unspecified atom stereocenters. The zero-order valence-electron chi connectivity index (χ0n) is 16.1. The van der Waals surface area contributed by atoms with Crippen molar-refractivity contribution >= 4 is 27.7 Å². The third-order valence-electron chi connectivity index (χ3n) is 5.57. The minimum absolute atomic E-state index is 0.592. The molecule has 5 nitrogen and oxygen atoms in total. The Morgan fingerprint density at radius 2 is 1.90 bits per heavy atom. The van der Waals surface area contributed by atoms with Crippen molar-refractivity contribution in [3.05, 3.63) is 63.1 Å². The summed E-state index contributed by atoms with van der Waals surface area (Å²) in [6, 6.07) is 12.1. The maximum Gasteiger partial charge on any atom is 0.132 e. The lowest BCUT2D eigenvalue weighted by Crippen LogP contribution is -2.52. The van der Waals surface area contributed by atoms with Gasteiger partial charge in [0.1, 0.15) is 35.6 Å². The lowest BCUT2D eigenvalue weighted by Gasteiger charge is -2.40. The summed E-state index contributed by atoms with van der Waals surface area (Å²) in [5.41, 5.74) is 3.69. The average Bonchev–Trinajstić information content (AvgIpc) is 2.74. The van der Waals surface area contributed by atoms with E-state index in [1.54, 1.807) is 0 Å². The van der Waals surface area contributed by atoms with Gasteiger partial charge < -0.3 is 24.8 Å². The molecule has 1 saturated heterocycles. The molecule has 29 heavy (non-hydrogen) atoms. The second-order valence-corrected chi connectivity index (χ2v) is 9.34. The summed E-state index contributed by atoms with van der Waals surface area (Å²) in [4.78, 5) is 0. The number of aliphatic hydroxyl groups is 3. The Morgan fingerprint density at radius 1 is 1.07 bits per heavy atom. The first-order valence-electron chi connectivity index (χ1n) is 9.73. The summed E-state index contributed by atoms with van der Waals surface area (Å²) in [5.74, 6) is 0.974. The molecule has 0 saturated carbocycles. The van der Waals surface area contributed by atoms with Crippen LogP contribution in [0.3, 0.4) is 0 Å². The fraction of sp³-hybridized carbons (Fsp3) is 0.455.